The second kappa shape index (κ2) is 3.31. The molecule has 0 unspecified atom stereocenters. The van der Waals surface area contributed by atoms with Gasteiger partial charge in [-0.15, -0.1) is 0 Å². The lowest BCUT2D eigenvalue weighted by atomic mass is 9.90. The molecule has 17 heavy (non-hydrogen) atoms. The van der Waals surface area contributed by atoms with Crippen molar-refractivity contribution in [1.82, 2.24) is 0 Å². The lowest BCUT2D eigenvalue weighted by molar-refractivity contribution is -0.110. The molecule has 0 spiro atoms. The highest BCUT2D eigenvalue weighted by molar-refractivity contribution is 6.18. The number of ketones is 2. The van der Waals surface area contributed by atoms with Crippen LogP contribution in [0.5, 0.6) is 11.5 Å². The quantitative estimate of drug-likeness (QED) is 0.729. The molecule has 3 rings (SSSR count). The van der Waals surface area contributed by atoms with E-state index < -0.39 is 6.10 Å². The smallest absolute Gasteiger partial charge is 0.200 e. The molecular weight excluding hydrogens is 220 g/mol. The molecule has 4 nitrogen and oxygen atoms in total. The van der Waals surface area contributed by atoms with Gasteiger partial charge in [0.05, 0.1) is 0 Å². The molecule has 2 aliphatic rings. The van der Waals surface area contributed by atoms with Crippen LogP contribution in [-0.2, 0) is 4.79 Å². The van der Waals surface area contributed by atoms with Gasteiger partial charge in [-0.05, 0) is 30.4 Å². The number of benzene rings is 1. The van der Waals surface area contributed by atoms with E-state index in [0.717, 1.165) is 0 Å². The Morgan fingerprint density at radius 3 is 2.88 bits per heavy atom. The molecule has 0 fully saturated rings. The van der Waals surface area contributed by atoms with Crippen LogP contribution in [0.2, 0.25) is 0 Å². The van der Waals surface area contributed by atoms with E-state index in [1.807, 2.05) is 0 Å². The summed E-state index contributed by atoms with van der Waals surface area (Å²) in [7, 11) is 0. The summed E-state index contributed by atoms with van der Waals surface area (Å²) in [4.78, 5) is 23.3. The third kappa shape index (κ3) is 1.38. The number of rotatable bonds is 0. The van der Waals surface area contributed by atoms with Gasteiger partial charge in [0.1, 0.15) is 23.2 Å². The van der Waals surface area contributed by atoms with Crippen LogP contribution in [0.3, 0.4) is 0 Å². The molecule has 1 atom stereocenters. The van der Waals surface area contributed by atoms with E-state index in [2.05, 4.69) is 0 Å². The highest BCUT2D eigenvalue weighted by Crippen LogP contribution is 2.37. The van der Waals surface area contributed by atoms with Crippen LogP contribution in [0.15, 0.2) is 42.0 Å². The lowest BCUT2D eigenvalue weighted by Gasteiger charge is -2.27. The molecule has 0 amide bonds. The summed E-state index contributed by atoms with van der Waals surface area (Å²) in [5.41, 5.74) is 0.393. The Morgan fingerprint density at radius 1 is 1.24 bits per heavy atom. The first-order chi connectivity index (χ1) is 8.16. The lowest BCUT2D eigenvalue weighted by Crippen LogP contribution is -2.31. The van der Waals surface area contributed by atoms with Gasteiger partial charge in [-0.3, -0.25) is 9.59 Å². The van der Waals surface area contributed by atoms with E-state index in [0.29, 0.717) is 5.75 Å². The molecule has 1 N–H and O–H groups in total. The number of aromatic hydroxyl groups is 1. The van der Waals surface area contributed by atoms with Crippen LogP contribution >= 0.6 is 0 Å². The van der Waals surface area contributed by atoms with Crippen LogP contribution in [-0.4, -0.2) is 22.8 Å². The molecule has 4 heteroatoms. The number of Topliss-reactive ketones (excluding diaryl/α,β-unsaturated/α-hetero) is 1. The molecule has 1 aromatic rings. The van der Waals surface area contributed by atoms with Crippen LogP contribution in [0.25, 0.3) is 0 Å². The second-order valence-electron chi connectivity index (χ2n) is 3.88. The molecule has 0 saturated heterocycles. The molecule has 84 valence electrons. The Morgan fingerprint density at radius 2 is 2.06 bits per heavy atom. The number of phenols is 1. The average molecular weight is 228 g/mol. The summed E-state index contributed by atoms with van der Waals surface area (Å²) in [5, 5.41) is 9.65. The fraction of sp³-hybridized carbons (Fsp3) is 0.0769. The van der Waals surface area contributed by atoms with Gasteiger partial charge in [0, 0.05) is 5.57 Å². The third-order valence-corrected chi connectivity index (χ3v) is 2.79. The summed E-state index contributed by atoms with van der Waals surface area (Å²) in [6.45, 7) is 0. The van der Waals surface area contributed by atoms with Crippen LogP contribution < -0.4 is 4.74 Å². The first-order valence-electron chi connectivity index (χ1n) is 5.14. The number of hydrogen-bond acceptors (Lipinski definition) is 4. The molecule has 0 aromatic heterocycles. The van der Waals surface area contributed by atoms with Gasteiger partial charge in [0.2, 0.25) is 5.78 Å². The zero-order chi connectivity index (χ0) is 12.0. The number of allylic oxidation sites excluding steroid dienone is 2. The van der Waals surface area contributed by atoms with E-state index in [9.17, 15) is 14.7 Å². The molecule has 0 saturated carbocycles. The van der Waals surface area contributed by atoms with E-state index >= 15 is 0 Å². The summed E-state index contributed by atoms with van der Waals surface area (Å²) in [6.07, 6.45) is 3.63. The summed E-state index contributed by atoms with van der Waals surface area (Å²) in [5.74, 6) is -0.385. The van der Waals surface area contributed by atoms with E-state index in [-0.39, 0.29) is 28.5 Å². The zero-order valence-corrected chi connectivity index (χ0v) is 8.71. The molecule has 1 aromatic carbocycles. The number of phenolic OH excluding ortho intramolecular Hbond substituents is 1. The van der Waals surface area contributed by atoms with Gasteiger partial charge in [-0.2, -0.15) is 0 Å². The minimum atomic E-state index is -0.533. The van der Waals surface area contributed by atoms with Crippen molar-refractivity contribution in [2.24, 2.45) is 0 Å². The maximum absolute atomic E-state index is 12.1. The minimum Gasteiger partial charge on any atom is -0.507 e. The van der Waals surface area contributed by atoms with Crippen molar-refractivity contribution in [3.05, 3.63) is 47.6 Å². The number of ether oxygens (including phenoxy) is 1. The van der Waals surface area contributed by atoms with E-state index in [1.165, 1.54) is 18.2 Å². The van der Waals surface area contributed by atoms with Crippen molar-refractivity contribution in [1.29, 1.82) is 0 Å². The predicted octanol–water partition coefficient (Wildman–Crippen LogP) is 1.40. The monoisotopic (exact) mass is 228 g/mol. The van der Waals surface area contributed by atoms with Crippen molar-refractivity contribution in [3.63, 3.8) is 0 Å². The fourth-order valence-corrected chi connectivity index (χ4v) is 1.99. The van der Waals surface area contributed by atoms with Gasteiger partial charge in [-0.25, -0.2) is 0 Å². The summed E-state index contributed by atoms with van der Waals surface area (Å²) >= 11 is 0. The van der Waals surface area contributed by atoms with Gasteiger partial charge in [-0.1, -0.05) is 6.07 Å². The van der Waals surface area contributed by atoms with E-state index in [4.69, 9.17) is 4.74 Å². The standard InChI is InChI=1S/C13H8O4/c14-7-4-5-10-8(6-7)13(16)12-9(15)2-1-3-11(12)17-10/h1-6,10,15H/t10-/m0/s1. The topological polar surface area (TPSA) is 63.6 Å². The Kier molecular flexibility index (Phi) is 1.92. The average Bonchev–Trinajstić information content (AvgIpc) is 2.30. The molecule has 0 radical (unpaired) electrons. The minimum absolute atomic E-state index is 0.123. The second-order valence-corrected chi connectivity index (χ2v) is 3.88. The summed E-state index contributed by atoms with van der Waals surface area (Å²) in [6, 6.07) is 4.64. The number of hydrogen-bond donors (Lipinski definition) is 1. The van der Waals surface area contributed by atoms with Crippen molar-refractivity contribution in [2.45, 2.75) is 6.10 Å². The van der Waals surface area contributed by atoms with Gasteiger partial charge < -0.3 is 9.84 Å². The first-order valence-corrected chi connectivity index (χ1v) is 5.14. The first kappa shape index (κ1) is 9.84. The van der Waals surface area contributed by atoms with E-state index in [1.54, 1.807) is 18.2 Å². The predicted molar refractivity (Wildman–Crippen MR) is 59.1 cm³/mol. The number of fused-ring (bicyclic) bond motifs is 2. The summed E-state index contributed by atoms with van der Waals surface area (Å²) < 4.78 is 5.55. The highest BCUT2D eigenvalue weighted by atomic mass is 16.5. The van der Waals surface area contributed by atoms with Gasteiger partial charge in [0.25, 0.3) is 0 Å². The molecule has 1 aliphatic heterocycles. The van der Waals surface area contributed by atoms with Crippen molar-refractivity contribution in [3.8, 4) is 11.5 Å². The third-order valence-electron chi connectivity index (χ3n) is 2.79. The van der Waals surface area contributed by atoms with Crippen LogP contribution in [0.4, 0.5) is 0 Å². The molecule has 1 heterocycles. The molecule has 0 bridgehead atoms. The SMILES string of the molecule is O=C1C=C[C@@H]2Oc3cccc(O)c3C(=O)C2=C1. The van der Waals surface area contributed by atoms with Crippen molar-refractivity contribution >= 4 is 11.6 Å². The van der Waals surface area contributed by atoms with Crippen LogP contribution in [0.1, 0.15) is 10.4 Å². The Labute approximate surface area is 96.8 Å². The van der Waals surface area contributed by atoms with Gasteiger partial charge in [0.15, 0.2) is 5.78 Å². The molecular formula is C13H8O4. The Bertz CT molecular complexity index is 595. The Hall–Kier alpha value is -2.36. The van der Waals surface area contributed by atoms with Crippen LogP contribution in [0, 0.1) is 0 Å². The maximum atomic E-state index is 12.1. The largest absolute Gasteiger partial charge is 0.507 e. The Balaban J connectivity index is 2.19. The number of carbonyl (C=O) groups is 2. The fourth-order valence-electron chi connectivity index (χ4n) is 1.99. The normalized spacial score (nSPS) is 21.4. The van der Waals surface area contributed by atoms with Crippen molar-refractivity contribution < 1.29 is 19.4 Å². The molecule has 1 aliphatic carbocycles. The zero-order valence-electron chi connectivity index (χ0n) is 8.71. The number of carbonyl (C=O) groups excluding carboxylic acids is 2. The van der Waals surface area contributed by atoms with Gasteiger partial charge >= 0.3 is 0 Å². The maximum Gasteiger partial charge on any atom is 0.200 e. The highest BCUT2D eigenvalue weighted by Gasteiger charge is 2.34. The van der Waals surface area contributed by atoms with Crippen molar-refractivity contribution in [2.75, 3.05) is 0 Å².